The van der Waals surface area contributed by atoms with E-state index in [0.717, 1.165) is 0 Å². The van der Waals surface area contributed by atoms with Crippen LogP contribution in [0.15, 0.2) is 0 Å². The summed E-state index contributed by atoms with van der Waals surface area (Å²) in [7, 11) is 0. The van der Waals surface area contributed by atoms with Gasteiger partial charge in [-0.15, -0.1) is 0 Å². The van der Waals surface area contributed by atoms with Crippen molar-refractivity contribution < 1.29 is 52.7 Å². The Balaban J connectivity index is 6.63. The highest BCUT2D eigenvalue weighted by Gasteiger charge is 2.70. The van der Waals surface area contributed by atoms with Crippen molar-refractivity contribution >= 4 is 0 Å². The standard InChI is InChI=1S/C15H20F12/c1-5-11(3,4)6-7(2)8(9(12(16,17)18)13(19,20)21)10(14(22,23)24)15(25,26)27/h7-10H,5-6H2,1-4H3. The molecule has 1 atom stereocenters. The second-order valence-corrected chi connectivity index (χ2v) is 7.40. The molecule has 0 heterocycles. The Morgan fingerprint density at radius 2 is 0.852 bits per heavy atom. The van der Waals surface area contributed by atoms with Crippen molar-refractivity contribution in [3.05, 3.63) is 0 Å². The Morgan fingerprint density at radius 1 is 0.593 bits per heavy atom. The molecule has 0 amide bonds. The van der Waals surface area contributed by atoms with Crippen LogP contribution in [0.5, 0.6) is 0 Å². The molecule has 0 N–H and O–H groups in total. The van der Waals surface area contributed by atoms with E-state index in [1.54, 1.807) is 0 Å². The summed E-state index contributed by atoms with van der Waals surface area (Å²) in [6, 6.07) is 0. The average molecular weight is 428 g/mol. The first-order chi connectivity index (χ1) is 11.6. The van der Waals surface area contributed by atoms with Gasteiger partial charge in [-0.3, -0.25) is 0 Å². The normalized spacial score (nSPS) is 16.6. The number of hydrogen-bond donors (Lipinski definition) is 0. The first kappa shape index (κ1) is 26.2. The lowest BCUT2D eigenvalue weighted by Gasteiger charge is -2.42. The molecule has 27 heavy (non-hydrogen) atoms. The second-order valence-electron chi connectivity index (χ2n) is 7.40. The van der Waals surface area contributed by atoms with E-state index in [0.29, 0.717) is 6.92 Å². The van der Waals surface area contributed by atoms with Crippen LogP contribution in [0.1, 0.15) is 40.5 Å². The van der Waals surface area contributed by atoms with Crippen LogP contribution in [-0.4, -0.2) is 24.7 Å². The van der Waals surface area contributed by atoms with E-state index in [-0.39, 0.29) is 6.42 Å². The monoisotopic (exact) mass is 428 g/mol. The predicted molar refractivity (Wildman–Crippen MR) is 72.5 cm³/mol. The van der Waals surface area contributed by atoms with E-state index in [2.05, 4.69) is 0 Å². The third-order valence-electron chi connectivity index (χ3n) is 4.67. The van der Waals surface area contributed by atoms with Gasteiger partial charge >= 0.3 is 24.7 Å². The maximum Gasteiger partial charge on any atom is 0.400 e. The van der Waals surface area contributed by atoms with E-state index in [4.69, 9.17) is 0 Å². The van der Waals surface area contributed by atoms with Gasteiger partial charge in [0.05, 0.1) is 0 Å². The number of halogens is 12. The van der Waals surface area contributed by atoms with Crippen LogP contribution in [0, 0.1) is 29.1 Å². The summed E-state index contributed by atoms with van der Waals surface area (Å²) >= 11 is 0. The molecule has 0 aromatic heterocycles. The molecule has 0 radical (unpaired) electrons. The lowest BCUT2D eigenvalue weighted by molar-refractivity contribution is -0.354. The molecule has 0 rings (SSSR count). The van der Waals surface area contributed by atoms with Crippen molar-refractivity contribution in [2.45, 2.75) is 65.2 Å². The van der Waals surface area contributed by atoms with Crippen molar-refractivity contribution in [2.24, 2.45) is 29.1 Å². The van der Waals surface area contributed by atoms with E-state index < -0.39 is 60.2 Å². The summed E-state index contributed by atoms with van der Waals surface area (Å²) in [5, 5.41) is 0. The predicted octanol–water partition coefficient (Wildman–Crippen LogP) is 7.55. The molecule has 0 aromatic carbocycles. The molecule has 0 aliphatic heterocycles. The summed E-state index contributed by atoms with van der Waals surface area (Å²) in [4.78, 5) is 0. The van der Waals surface area contributed by atoms with Gasteiger partial charge in [-0.05, 0) is 17.8 Å². The molecule has 0 fully saturated rings. The van der Waals surface area contributed by atoms with Crippen LogP contribution < -0.4 is 0 Å². The number of hydrogen-bond acceptors (Lipinski definition) is 0. The summed E-state index contributed by atoms with van der Waals surface area (Å²) in [5.74, 6) is -15.5. The summed E-state index contributed by atoms with van der Waals surface area (Å²) in [5.41, 5.74) is -1.05. The van der Waals surface area contributed by atoms with Crippen LogP contribution in [0.3, 0.4) is 0 Å². The third kappa shape index (κ3) is 7.24. The molecule has 0 bridgehead atoms. The van der Waals surface area contributed by atoms with Crippen LogP contribution in [0.4, 0.5) is 52.7 Å². The molecule has 0 saturated heterocycles. The minimum Gasteiger partial charge on any atom is -0.170 e. The van der Waals surface area contributed by atoms with Crippen LogP contribution in [-0.2, 0) is 0 Å². The first-order valence-electron chi connectivity index (χ1n) is 7.82. The largest absolute Gasteiger partial charge is 0.400 e. The highest BCUT2D eigenvalue weighted by atomic mass is 19.4. The lowest BCUT2D eigenvalue weighted by Crippen LogP contribution is -2.54. The molecular weight excluding hydrogens is 408 g/mol. The summed E-state index contributed by atoms with van der Waals surface area (Å²) < 4.78 is 156. The van der Waals surface area contributed by atoms with Crippen LogP contribution >= 0.6 is 0 Å². The van der Waals surface area contributed by atoms with Gasteiger partial charge in [0.2, 0.25) is 0 Å². The van der Waals surface area contributed by atoms with Gasteiger partial charge in [0, 0.05) is 5.92 Å². The smallest absolute Gasteiger partial charge is 0.170 e. The van der Waals surface area contributed by atoms with Crippen molar-refractivity contribution in [3.63, 3.8) is 0 Å². The minimum atomic E-state index is -6.33. The Kier molecular flexibility index (Phi) is 7.64. The zero-order valence-corrected chi connectivity index (χ0v) is 14.8. The maximum atomic E-state index is 13.0. The van der Waals surface area contributed by atoms with Gasteiger partial charge in [0.15, 0.2) is 11.8 Å². The fourth-order valence-corrected chi connectivity index (χ4v) is 3.25. The lowest BCUT2D eigenvalue weighted by atomic mass is 9.67. The Labute approximate surface area is 148 Å². The molecule has 12 heteroatoms. The first-order valence-corrected chi connectivity index (χ1v) is 7.82. The zero-order chi connectivity index (χ0) is 22.2. The zero-order valence-electron chi connectivity index (χ0n) is 14.8. The molecule has 0 saturated carbocycles. The number of alkyl halides is 12. The fraction of sp³-hybridized carbons (Fsp3) is 1.00. The molecule has 0 aliphatic carbocycles. The van der Waals surface area contributed by atoms with Gasteiger partial charge in [0.25, 0.3) is 0 Å². The van der Waals surface area contributed by atoms with Gasteiger partial charge < -0.3 is 0 Å². The van der Waals surface area contributed by atoms with Gasteiger partial charge in [-0.2, -0.15) is 52.7 Å². The topological polar surface area (TPSA) is 0 Å². The highest BCUT2D eigenvalue weighted by Crippen LogP contribution is 2.57. The third-order valence-corrected chi connectivity index (χ3v) is 4.67. The van der Waals surface area contributed by atoms with E-state index in [9.17, 15) is 52.7 Å². The Morgan fingerprint density at radius 3 is 1.04 bits per heavy atom. The van der Waals surface area contributed by atoms with E-state index in [1.165, 1.54) is 20.8 Å². The molecule has 1 unspecified atom stereocenters. The van der Waals surface area contributed by atoms with Crippen molar-refractivity contribution in [1.29, 1.82) is 0 Å². The molecule has 0 nitrogen and oxygen atoms in total. The molecule has 0 aliphatic rings. The molecule has 0 spiro atoms. The maximum absolute atomic E-state index is 13.0. The molecular formula is C15H20F12. The Bertz CT molecular complexity index is 405. The summed E-state index contributed by atoms with van der Waals surface area (Å²) in [6.45, 7) is 4.72. The van der Waals surface area contributed by atoms with Crippen LogP contribution in [0.25, 0.3) is 0 Å². The molecule has 0 aromatic rings. The van der Waals surface area contributed by atoms with Crippen molar-refractivity contribution in [3.8, 4) is 0 Å². The van der Waals surface area contributed by atoms with Gasteiger partial charge in [-0.25, -0.2) is 0 Å². The molecule has 164 valence electrons. The second kappa shape index (κ2) is 7.88. The highest BCUT2D eigenvalue weighted by molar-refractivity contribution is 4.95. The van der Waals surface area contributed by atoms with Gasteiger partial charge in [0.1, 0.15) is 0 Å². The fourth-order valence-electron chi connectivity index (χ4n) is 3.25. The van der Waals surface area contributed by atoms with Gasteiger partial charge in [-0.1, -0.05) is 34.1 Å². The quantitative estimate of drug-likeness (QED) is 0.383. The van der Waals surface area contributed by atoms with E-state index >= 15 is 0 Å². The number of rotatable bonds is 6. The average Bonchev–Trinajstić information content (AvgIpc) is 2.30. The van der Waals surface area contributed by atoms with Crippen molar-refractivity contribution in [2.75, 3.05) is 0 Å². The van der Waals surface area contributed by atoms with Crippen LogP contribution in [0.2, 0.25) is 0 Å². The van der Waals surface area contributed by atoms with Crippen molar-refractivity contribution in [1.82, 2.24) is 0 Å². The Hall–Kier alpha value is -0.840. The minimum absolute atomic E-state index is 0.134. The van der Waals surface area contributed by atoms with E-state index in [1.807, 2.05) is 0 Å². The summed E-state index contributed by atoms with van der Waals surface area (Å²) in [6.07, 6.45) is -25.9. The SMILES string of the molecule is CCC(C)(C)CC(C)C(C(C(F)(F)F)C(F)(F)F)C(C(F)(F)F)C(F)(F)F.